The SMILES string of the molecule is CC(CCC(=O)O)NC(=O)N(C)CCc1ccccc1. The van der Waals surface area contributed by atoms with Crippen molar-refractivity contribution >= 4 is 12.0 Å². The molecule has 0 radical (unpaired) electrons. The lowest BCUT2D eigenvalue weighted by Crippen LogP contribution is -2.42. The van der Waals surface area contributed by atoms with Crippen LogP contribution in [-0.2, 0) is 11.2 Å². The fraction of sp³-hybridized carbons (Fsp3) is 0.467. The highest BCUT2D eigenvalue weighted by molar-refractivity contribution is 5.74. The van der Waals surface area contributed by atoms with Gasteiger partial charge in [0.1, 0.15) is 0 Å². The van der Waals surface area contributed by atoms with Gasteiger partial charge in [-0.2, -0.15) is 0 Å². The first kappa shape index (κ1) is 16.0. The normalized spacial score (nSPS) is 11.7. The fourth-order valence-electron chi connectivity index (χ4n) is 1.78. The average molecular weight is 278 g/mol. The molecule has 5 nitrogen and oxygen atoms in total. The molecule has 1 aromatic carbocycles. The lowest BCUT2D eigenvalue weighted by atomic mass is 10.1. The number of hydrogen-bond donors (Lipinski definition) is 2. The van der Waals surface area contributed by atoms with Gasteiger partial charge in [-0.15, -0.1) is 0 Å². The van der Waals surface area contributed by atoms with E-state index in [9.17, 15) is 9.59 Å². The number of carboxylic acids is 1. The van der Waals surface area contributed by atoms with Crippen molar-refractivity contribution in [3.8, 4) is 0 Å². The third kappa shape index (κ3) is 6.22. The molecule has 1 rings (SSSR count). The molecule has 0 saturated carbocycles. The molecule has 1 unspecified atom stereocenters. The first-order valence-electron chi connectivity index (χ1n) is 6.76. The van der Waals surface area contributed by atoms with Crippen molar-refractivity contribution < 1.29 is 14.7 Å². The third-order valence-electron chi connectivity index (χ3n) is 3.09. The molecule has 20 heavy (non-hydrogen) atoms. The Bertz CT molecular complexity index is 434. The van der Waals surface area contributed by atoms with Crippen LogP contribution in [0.5, 0.6) is 0 Å². The Labute approximate surface area is 119 Å². The lowest BCUT2D eigenvalue weighted by Gasteiger charge is -2.21. The topological polar surface area (TPSA) is 69.6 Å². The molecule has 0 bridgehead atoms. The molecule has 0 fully saturated rings. The zero-order valence-corrected chi connectivity index (χ0v) is 12.0. The van der Waals surface area contributed by atoms with Gasteiger partial charge in [0.15, 0.2) is 0 Å². The zero-order chi connectivity index (χ0) is 15.0. The molecule has 110 valence electrons. The average Bonchev–Trinajstić information content (AvgIpc) is 2.43. The van der Waals surface area contributed by atoms with Crippen LogP contribution >= 0.6 is 0 Å². The summed E-state index contributed by atoms with van der Waals surface area (Å²) in [5.74, 6) is -0.844. The molecule has 0 aliphatic heterocycles. The molecule has 2 N–H and O–H groups in total. The predicted molar refractivity (Wildman–Crippen MR) is 77.6 cm³/mol. The summed E-state index contributed by atoms with van der Waals surface area (Å²) in [6.07, 6.45) is 1.30. The maximum absolute atomic E-state index is 11.9. The van der Waals surface area contributed by atoms with Crippen molar-refractivity contribution in [1.29, 1.82) is 0 Å². The molecule has 0 aromatic heterocycles. The minimum absolute atomic E-state index is 0.0647. The Hall–Kier alpha value is -2.04. The largest absolute Gasteiger partial charge is 0.481 e. The van der Waals surface area contributed by atoms with Crippen LogP contribution in [0.2, 0.25) is 0 Å². The number of carbonyl (C=O) groups excluding carboxylic acids is 1. The number of hydrogen-bond acceptors (Lipinski definition) is 2. The summed E-state index contributed by atoms with van der Waals surface area (Å²) < 4.78 is 0. The molecule has 2 amide bonds. The van der Waals surface area contributed by atoms with Gasteiger partial charge < -0.3 is 15.3 Å². The van der Waals surface area contributed by atoms with E-state index in [1.807, 2.05) is 37.3 Å². The van der Waals surface area contributed by atoms with Crippen LogP contribution in [0.15, 0.2) is 30.3 Å². The number of aliphatic carboxylic acids is 1. The third-order valence-corrected chi connectivity index (χ3v) is 3.09. The second-order valence-corrected chi connectivity index (χ2v) is 4.94. The summed E-state index contributed by atoms with van der Waals surface area (Å²) in [6.45, 7) is 2.44. The monoisotopic (exact) mass is 278 g/mol. The number of likely N-dealkylation sites (N-methyl/N-ethyl adjacent to an activating group) is 1. The van der Waals surface area contributed by atoms with Gasteiger partial charge in [0.25, 0.3) is 0 Å². The number of rotatable bonds is 7. The van der Waals surface area contributed by atoms with E-state index in [4.69, 9.17) is 5.11 Å². The van der Waals surface area contributed by atoms with Gasteiger partial charge in [0.05, 0.1) is 0 Å². The standard InChI is InChI=1S/C15H22N2O3/c1-12(8-9-14(18)19)16-15(20)17(2)11-10-13-6-4-3-5-7-13/h3-7,12H,8-11H2,1-2H3,(H,16,20)(H,18,19). The Morgan fingerprint density at radius 2 is 1.95 bits per heavy atom. The van der Waals surface area contributed by atoms with Crippen LogP contribution in [0.3, 0.4) is 0 Å². The number of amides is 2. The van der Waals surface area contributed by atoms with E-state index in [1.54, 1.807) is 11.9 Å². The Morgan fingerprint density at radius 3 is 2.55 bits per heavy atom. The highest BCUT2D eigenvalue weighted by atomic mass is 16.4. The number of benzene rings is 1. The number of urea groups is 1. The second-order valence-electron chi connectivity index (χ2n) is 4.94. The molecule has 1 aromatic rings. The van der Waals surface area contributed by atoms with Crippen molar-refractivity contribution in [3.63, 3.8) is 0 Å². The highest BCUT2D eigenvalue weighted by Gasteiger charge is 2.12. The van der Waals surface area contributed by atoms with Crippen molar-refractivity contribution in [3.05, 3.63) is 35.9 Å². The number of carboxylic acid groups (broad SMARTS) is 1. The zero-order valence-electron chi connectivity index (χ0n) is 12.0. The molecule has 0 heterocycles. The van der Waals surface area contributed by atoms with E-state index in [2.05, 4.69) is 5.32 Å². The predicted octanol–water partition coefficient (Wildman–Crippen LogP) is 2.12. The summed E-state index contributed by atoms with van der Waals surface area (Å²) in [5.41, 5.74) is 1.19. The van der Waals surface area contributed by atoms with E-state index in [0.29, 0.717) is 13.0 Å². The van der Waals surface area contributed by atoms with Gasteiger partial charge in [-0.05, 0) is 25.3 Å². The van der Waals surface area contributed by atoms with E-state index in [0.717, 1.165) is 6.42 Å². The Balaban J connectivity index is 2.30. The lowest BCUT2D eigenvalue weighted by molar-refractivity contribution is -0.137. The van der Waals surface area contributed by atoms with Crippen molar-refractivity contribution in [2.45, 2.75) is 32.2 Å². The number of nitrogens with zero attached hydrogens (tertiary/aromatic N) is 1. The van der Waals surface area contributed by atoms with Gasteiger partial charge in [-0.25, -0.2) is 4.79 Å². The highest BCUT2D eigenvalue weighted by Crippen LogP contribution is 2.02. The summed E-state index contributed by atoms with van der Waals surface area (Å²) in [7, 11) is 1.74. The molecular weight excluding hydrogens is 256 g/mol. The Morgan fingerprint density at radius 1 is 1.30 bits per heavy atom. The quantitative estimate of drug-likeness (QED) is 0.802. The molecule has 5 heteroatoms. The molecule has 1 atom stereocenters. The molecule has 0 aliphatic rings. The fourth-order valence-corrected chi connectivity index (χ4v) is 1.78. The maximum atomic E-state index is 11.9. The van der Waals surface area contributed by atoms with Crippen LogP contribution in [0.4, 0.5) is 4.79 Å². The van der Waals surface area contributed by atoms with Crippen LogP contribution in [-0.4, -0.2) is 41.6 Å². The molecule has 0 saturated heterocycles. The summed E-state index contributed by atoms with van der Waals surface area (Å²) in [4.78, 5) is 24.0. The van der Waals surface area contributed by atoms with Gasteiger partial charge >= 0.3 is 12.0 Å². The smallest absolute Gasteiger partial charge is 0.317 e. The summed E-state index contributed by atoms with van der Waals surface area (Å²) in [5, 5.41) is 11.4. The van der Waals surface area contributed by atoms with Gasteiger partial charge in [0, 0.05) is 26.1 Å². The minimum Gasteiger partial charge on any atom is -0.481 e. The van der Waals surface area contributed by atoms with Crippen molar-refractivity contribution in [2.24, 2.45) is 0 Å². The van der Waals surface area contributed by atoms with Crippen LogP contribution in [0, 0.1) is 0 Å². The van der Waals surface area contributed by atoms with Crippen LogP contribution in [0.25, 0.3) is 0 Å². The first-order chi connectivity index (χ1) is 9.49. The minimum atomic E-state index is -0.844. The van der Waals surface area contributed by atoms with E-state index in [1.165, 1.54) is 5.56 Å². The number of nitrogens with one attached hydrogen (secondary N) is 1. The van der Waals surface area contributed by atoms with Gasteiger partial charge in [0.2, 0.25) is 0 Å². The maximum Gasteiger partial charge on any atom is 0.317 e. The molecular formula is C15H22N2O3. The van der Waals surface area contributed by atoms with Crippen LogP contribution in [0.1, 0.15) is 25.3 Å². The second kappa shape index (κ2) is 8.19. The van der Waals surface area contributed by atoms with E-state index in [-0.39, 0.29) is 18.5 Å². The van der Waals surface area contributed by atoms with Gasteiger partial charge in [-0.3, -0.25) is 4.79 Å². The van der Waals surface area contributed by atoms with Crippen molar-refractivity contribution in [2.75, 3.05) is 13.6 Å². The van der Waals surface area contributed by atoms with Crippen molar-refractivity contribution in [1.82, 2.24) is 10.2 Å². The summed E-state index contributed by atoms with van der Waals surface area (Å²) >= 11 is 0. The molecule has 0 aliphatic carbocycles. The van der Waals surface area contributed by atoms with Gasteiger partial charge in [-0.1, -0.05) is 30.3 Å². The Kier molecular flexibility index (Phi) is 6.56. The molecule has 0 spiro atoms. The van der Waals surface area contributed by atoms with E-state index >= 15 is 0 Å². The van der Waals surface area contributed by atoms with E-state index < -0.39 is 5.97 Å². The first-order valence-corrected chi connectivity index (χ1v) is 6.76. The number of carbonyl (C=O) groups is 2. The summed E-state index contributed by atoms with van der Waals surface area (Å²) in [6, 6.07) is 9.66. The van der Waals surface area contributed by atoms with Crippen LogP contribution < -0.4 is 5.32 Å².